The van der Waals surface area contributed by atoms with E-state index >= 15 is 0 Å². The van der Waals surface area contributed by atoms with E-state index < -0.39 is 72.2 Å². The first-order valence-corrected chi connectivity index (χ1v) is 14.3. The number of nitrogens with zero attached hydrogens (tertiary/aromatic N) is 1. The molecule has 17 heteroatoms. The lowest BCUT2D eigenvalue weighted by molar-refractivity contribution is -0.384. The summed E-state index contributed by atoms with van der Waals surface area (Å²) in [5.41, 5.74) is 19.3. The highest BCUT2D eigenvalue weighted by atomic mass is 16.7. The molecule has 1 aromatic rings. The van der Waals surface area contributed by atoms with Gasteiger partial charge in [0.1, 0.15) is 36.8 Å². The summed E-state index contributed by atoms with van der Waals surface area (Å²) in [7, 11) is 1.65. The van der Waals surface area contributed by atoms with Crippen molar-refractivity contribution in [1.82, 2.24) is 10.6 Å². The van der Waals surface area contributed by atoms with Crippen molar-refractivity contribution in [3.05, 3.63) is 51.8 Å². The molecule has 44 heavy (non-hydrogen) atoms. The summed E-state index contributed by atoms with van der Waals surface area (Å²) in [6, 6.07) is 3.09. The molecule has 1 aliphatic carbocycles. The summed E-state index contributed by atoms with van der Waals surface area (Å²) in [6.45, 7) is 1.14. The lowest BCUT2D eigenvalue weighted by Crippen LogP contribution is -2.65. The van der Waals surface area contributed by atoms with Crippen molar-refractivity contribution in [2.24, 2.45) is 17.2 Å². The summed E-state index contributed by atoms with van der Waals surface area (Å²) in [4.78, 5) is 22.5. The molecule has 0 saturated heterocycles. The molecule has 11 N–H and O–H groups in total. The largest absolute Gasteiger partial charge is 0.466 e. The molecule has 10 atom stereocenters. The van der Waals surface area contributed by atoms with Gasteiger partial charge in [-0.05, 0) is 50.6 Å². The van der Waals surface area contributed by atoms with E-state index in [4.69, 9.17) is 40.9 Å². The van der Waals surface area contributed by atoms with E-state index in [0.29, 0.717) is 17.7 Å². The third-order valence-corrected chi connectivity index (χ3v) is 7.42. The second kappa shape index (κ2) is 16.9. The van der Waals surface area contributed by atoms with Crippen LogP contribution in [0.5, 0.6) is 0 Å². The zero-order valence-electron chi connectivity index (χ0n) is 24.7. The minimum absolute atomic E-state index is 0.0486. The Hall–Kier alpha value is -2.97. The van der Waals surface area contributed by atoms with Gasteiger partial charge in [0.15, 0.2) is 6.29 Å². The number of amides is 1. The lowest BCUT2D eigenvalue weighted by Gasteiger charge is -2.45. The Morgan fingerprint density at radius 3 is 2.50 bits per heavy atom. The van der Waals surface area contributed by atoms with Gasteiger partial charge in [-0.1, -0.05) is 0 Å². The van der Waals surface area contributed by atoms with Crippen molar-refractivity contribution in [2.75, 3.05) is 26.8 Å². The normalized spacial score (nSPS) is 29.1. The Bertz CT molecular complexity index is 1100. The number of aliphatic hydroxyl groups is 3. The van der Waals surface area contributed by atoms with E-state index in [2.05, 4.69) is 10.6 Å². The van der Waals surface area contributed by atoms with Gasteiger partial charge in [-0.15, -0.1) is 0 Å². The number of carbonyl (C=O) groups excluding carboxylic acids is 1. The molecule has 0 radical (unpaired) electrons. The van der Waals surface area contributed by atoms with Crippen LogP contribution in [0.15, 0.2) is 36.1 Å². The fraction of sp³-hybridized carbons (Fsp3) is 0.667. The molecule has 1 aliphatic heterocycles. The van der Waals surface area contributed by atoms with Crippen LogP contribution >= 0.6 is 0 Å². The lowest BCUT2D eigenvalue weighted by atomic mass is 9.84. The van der Waals surface area contributed by atoms with Crippen molar-refractivity contribution in [1.29, 1.82) is 0 Å². The van der Waals surface area contributed by atoms with Crippen molar-refractivity contribution in [3.63, 3.8) is 0 Å². The molecular formula is C27H44N6O11. The number of ether oxygens (including phenoxy) is 5. The fourth-order valence-corrected chi connectivity index (χ4v) is 4.72. The van der Waals surface area contributed by atoms with Crippen LogP contribution in [-0.2, 0) is 30.3 Å². The predicted molar refractivity (Wildman–Crippen MR) is 155 cm³/mol. The molecule has 1 fully saturated rings. The third kappa shape index (κ3) is 9.77. The van der Waals surface area contributed by atoms with Crippen LogP contribution in [-0.4, -0.2) is 114 Å². The Kier molecular flexibility index (Phi) is 13.7. The number of nitrogens with two attached hydrogens (primary N) is 3. The highest BCUT2D eigenvalue weighted by Gasteiger charge is 2.47. The maximum absolute atomic E-state index is 12.2. The van der Waals surface area contributed by atoms with Crippen LogP contribution in [0, 0.1) is 10.1 Å². The average molecular weight is 629 g/mol. The first-order valence-electron chi connectivity index (χ1n) is 14.3. The molecule has 248 valence electrons. The van der Waals surface area contributed by atoms with Crippen LogP contribution in [0.1, 0.15) is 25.3 Å². The maximum atomic E-state index is 12.2. The van der Waals surface area contributed by atoms with Crippen molar-refractivity contribution in [2.45, 2.75) is 87.5 Å². The predicted octanol–water partition coefficient (Wildman–Crippen LogP) is -1.73. The average Bonchev–Trinajstić information content (AvgIpc) is 3.01. The van der Waals surface area contributed by atoms with Gasteiger partial charge in [-0.25, -0.2) is 4.79 Å². The minimum Gasteiger partial charge on any atom is -0.466 e. The van der Waals surface area contributed by atoms with E-state index in [1.165, 1.54) is 24.3 Å². The molecule has 0 unspecified atom stereocenters. The number of hydrogen-bond acceptors (Lipinski definition) is 15. The van der Waals surface area contributed by atoms with Crippen LogP contribution in [0.25, 0.3) is 0 Å². The smallest absolute Gasteiger partial charge is 0.407 e. The topological polar surface area (TPSA) is 269 Å². The molecule has 3 rings (SSSR count). The number of likely N-dealkylation sites (N-methyl/N-ethyl adjacent to an activating group) is 1. The number of nitro benzene ring substituents is 1. The van der Waals surface area contributed by atoms with Gasteiger partial charge in [0.05, 0.1) is 30.7 Å². The minimum atomic E-state index is -1.36. The van der Waals surface area contributed by atoms with Gasteiger partial charge in [-0.3, -0.25) is 10.1 Å². The zero-order chi connectivity index (χ0) is 32.4. The highest BCUT2D eigenvalue weighted by Crippen LogP contribution is 2.29. The van der Waals surface area contributed by atoms with E-state index in [9.17, 15) is 30.2 Å². The molecular weight excluding hydrogens is 584 g/mol. The summed E-state index contributed by atoms with van der Waals surface area (Å²) >= 11 is 0. The number of alkyl carbamates (subject to hydrolysis) is 1. The van der Waals surface area contributed by atoms with Crippen LogP contribution in [0.2, 0.25) is 0 Å². The molecule has 1 aromatic carbocycles. The van der Waals surface area contributed by atoms with Gasteiger partial charge in [-0.2, -0.15) is 0 Å². The van der Waals surface area contributed by atoms with Crippen LogP contribution in [0.3, 0.4) is 0 Å². The molecule has 1 saturated carbocycles. The summed E-state index contributed by atoms with van der Waals surface area (Å²) in [6.07, 6.45) is -5.37. The molecule has 1 heterocycles. The number of hydrogen-bond donors (Lipinski definition) is 8. The molecule has 0 spiro atoms. The summed E-state index contributed by atoms with van der Waals surface area (Å²) in [5.74, 6) is 0.342. The van der Waals surface area contributed by atoms with Crippen LogP contribution in [0.4, 0.5) is 10.5 Å². The SMILES string of the molecule is CN[C@@H](C)[C@@H](O)[C@H](OCCO)O[C@@H]1[C@@H](O)[C@H](O[C@H]2OC(CNC(=O)OCc3ccc([N+](=O)[O-])cc3)=CC[C@H]2N)[C@@H](N)C[C@H]1N. The Morgan fingerprint density at radius 1 is 1.18 bits per heavy atom. The second-order valence-corrected chi connectivity index (χ2v) is 10.7. The van der Waals surface area contributed by atoms with Gasteiger partial charge < -0.3 is 66.8 Å². The Balaban J connectivity index is 1.56. The number of rotatable bonds is 15. The number of nitro groups is 1. The third-order valence-electron chi connectivity index (χ3n) is 7.42. The number of non-ortho nitro benzene ring substituents is 1. The van der Waals surface area contributed by atoms with Gasteiger partial charge in [0.25, 0.3) is 5.69 Å². The number of aliphatic hydroxyl groups excluding tert-OH is 3. The molecule has 0 bridgehead atoms. The Labute approximate surface area is 254 Å². The standard InChI is InChI=1S/C27H44N6O11/c1-14(31-2)21(35)26(40-10-9-34)44-24-20(30)11-19(29)23(22(24)36)43-25-18(28)8-7-17(42-25)12-32-27(37)41-13-15-3-5-16(6-4-15)33(38)39/h3-7,14,18-26,31,34-36H,8-13,28-30H2,1-2H3,(H,32,37)/t14-,18+,19-,20+,21+,22-,23+,24-,25+,26+/m0/s1. The highest BCUT2D eigenvalue weighted by molar-refractivity contribution is 5.67. The van der Waals surface area contributed by atoms with Crippen molar-refractivity contribution >= 4 is 11.8 Å². The Morgan fingerprint density at radius 2 is 1.86 bits per heavy atom. The first kappa shape index (κ1) is 35.5. The number of carbonyl (C=O) groups is 1. The van der Waals surface area contributed by atoms with Crippen molar-refractivity contribution in [3.8, 4) is 0 Å². The fourth-order valence-electron chi connectivity index (χ4n) is 4.72. The second-order valence-electron chi connectivity index (χ2n) is 10.7. The number of benzene rings is 1. The monoisotopic (exact) mass is 628 g/mol. The van der Waals surface area contributed by atoms with Gasteiger partial charge in [0.2, 0.25) is 6.29 Å². The maximum Gasteiger partial charge on any atom is 0.407 e. The van der Waals surface area contributed by atoms with Crippen LogP contribution < -0.4 is 27.8 Å². The van der Waals surface area contributed by atoms with E-state index in [1.807, 2.05) is 0 Å². The van der Waals surface area contributed by atoms with Gasteiger partial charge >= 0.3 is 6.09 Å². The number of nitrogens with one attached hydrogen (secondary N) is 2. The van der Waals surface area contributed by atoms with E-state index in [-0.39, 0.29) is 38.5 Å². The molecule has 17 nitrogen and oxygen atoms in total. The molecule has 0 aromatic heterocycles. The van der Waals surface area contributed by atoms with E-state index in [1.54, 1.807) is 20.0 Å². The molecule has 1 amide bonds. The zero-order valence-corrected chi connectivity index (χ0v) is 24.7. The van der Waals surface area contributed by atoms with Crippen molar-refractivity contribution < 1.29 is 48.7 Å². The molecule has 2 aliphatic rings. The van der Waals surface area contributed by atoms with Gasteiger partial charge in [0, 0.05) is 30.3 Å². The quantitative estimate of drug-likeness (QED) is 0.0609. The first-order chi connectivity index (χ1) is 20.9. The summed E-state index contributed by atoms with van der Waals surface area (Å²) < 4.78 is 28.5. The summed E-state index contributed by atoms with van der Waals surface area (Å²) in [5, 5.41) is 47.4. The van der Waals surface area contributed by atoms with E-state index in [0.717, 1.165) is 0 Å².